The molecule has 0 spiro atoms. The van der Waals surface area contributed by atoms with Crippen LogP contribution in [0, 0.1) is 5.92 Å². The molecule has 1 aliphatic rings. The second kappa shape index (κ2) is 5.78. The number of carbonyl (C=O) groups is 2. The van der Waals surface area contributed by atoms with Crippen LogP contribution in [0.3, 0.4) is 0 Å². The van der Waals surface area contributed by atoms with Gasteiger partial charge in [0.05, 0.1) is 6.61 Å². The second-order valence-corrected chi connectivity index (χ2v) is 3.85. The number of Topliss-reactive ketones (excluding diaryl/α,β-unsaturated/α-hetero) is 1. The Morgan fingerprint density at radius 2 is 1.86 bits per heavy atom. The van der Waals surface area contributed by atoms with Crippen LogP contribution in [-0.4, -0.2) is 18.4 Å². The first kappa shape index (κ1) is 11.2. The Bertz CT molecular complexity index is 205. The molecule has 0 aromatic carbocycles. The summed E-state index contributed by atoms with van der Waals surface area (Å²) in [6, 6.07) is 0. The van der Waals surface area contributed by atoms with Gasteiger partial charge in [0, 0.05) is 6.42 Å². The Hall–Kier alpha value is -0.860. The lowest BCUT2D eigenvalue weighted by Crippen LogP contribution is -2.21. The summed E-state index contributed by atoms with van der Waals surface area (Å²) in [6.07, 6.45) is 6.22. The van der Waals surface area contributed by atoms with Gasteiger partial charge in [-0.05, 0) is 12.8 Å². The Balaban J connectivity index is 2.28. The fraction of sp³-hybridized carbons (Fsp3) is 0.818. The number of hydrogen-bond donors (Lipinski definition) is 0. The van der Waals surface area contributed by atoms with E-state index in [0.717, 1.165) is 12.8 Å². The third-order valence-electron chi connectivity index (χ3n) is 2.70. The van der Waals surface area contributed by atoms with Crippen molar-refractivity contribution in [2.45, 2.75) is 45.4 Å². The molecular formula is C11H18O3. The molecule has 0 aromatic heterocycles. The molecule has 0 aliphatic heterocycles. The molecule has 0 bridgehead atoms. The number of rotatable bonds is 4. The summed E-state index contributed by atoms with van der Waals surface area (Å²) >= 11 is 0. The van der Waals surface area contributed by atoms with Crippen LogP contribution in [0.15, 0.2) is 0 Å². The highest BCUT2D eigenvalue weighted by atomic mass is 16.5. The number of ketones is 1. The van der Waals surface area contributed by atoms with Crippen molar-refractivity contribution in [1.29, 1.82) is 0 Å². The molecule has 0 atom stereocenters. The first-order valence-electron chi connectivity index (χ1n) is 5.44. The average molecular weight is 198 g/mol. The van der Waals surface area contributed by atoms with E-state index in [-0.39, 0.29) is 12.4 Å². The number of esters is 1. The molecule has 3 nitrogen and oxygen atoms in total. The van der Waals surface area contributed by atoms with Crippen molar-refractivity contribution in [1.82, 2.24) is 0 Å². The van der Waals surface area contributed by atoms with Gasteiger partial charge in [-0.3, -0.25) is 4.79 Å². The molecule has 3 heteroatoms. The van der Waals surface area contributed by atoms with Crippen LogP contribution in [0.1, 0.15) is 45.4 Å². The Morgan fingerprint density at radius 1 is 1.21 bits per heavy atom. The number of carbonyl (C=O) groups excluding carboxylic acids is 2. The van der Waals surface area contributed by atoms with Crippen molar-refractivity contribution in [3.63, 3.8) is 0 Å². The van der Waals surface area contributed by atoms with E-state index in [4.69, 9.17) is 0 Å². The molecule has 0 radical (unpaired) electrons. The molecule has 14 heavy (non-hydrogen) atoms. The van der Waals surface area contributed by atoms with Gasteiger partial charge in [0.25, 0.3) is 0 Å². The second-order valence-electron chi connectivity index (χ2n) is 3.85. The molecule has 0 saturated heterocycles. The summed E-state index contributed by atoms with van der Waals surface area (Å²) in [5, 5.41) is 0. The lowest BCUT2D eigenvalue weighted by molar-refractivity contribution is -0.154. The van der Waals surface area contributed by atoms with Gasteiger partial charge in [-0.15, -0.1) is 0 Å². The average Bonchev–Trinajstić information content (AvgIpc) is 2.19. The van der Waals surface area contributed by atoms with Crippen LogP contribution in [0.25, 0.3) is 0 Å². The van der Waals surface area contributed by atoms with E-state index < -0.39 is 5.97 Å². The predicted octanol–water partition coefficient (Wildman–Crippen LogP) is 2.09. The summed E-state index contributed by atoms with van der Waals surface area (Å²) in [4.78, 5) is 22.4. The molecule has 0 amide bonds. The molecule has 1 fully saturated rings. The van der Waals surface area contributed by atoms with E-state index in [2.05, 4.69) is 4.74 Å². The van der Waals surface area contributed by atoms with Crippen LogP contribution in [-0.2, 0) is 14.3 Å². The van der Waals surface area contributed by atoms with Crippen molar-refractivity contribution in [3.8, 4) is 0 Å². The molecule has 80 valence electrons. The highest BCUT2D eigenvalue weighted by molar-refractivity contribution is 6.33. The largest absolute Gasteiger partial charge is 0.460 e. The lowest BCUT2D eigenvalue weighted by Gasteiger charge is -2.19. The van der Waals surface area contributed by atoms with Crippen LogP contribution in [0.4, 0.5) is 0 Å². The normalized spacial score (nSPS) is 17.8. The maximum absolute atomic E-state index is 11.3. The first-order valence-corrected chi connectivity index (χ1v) is 5.44. The zero-order chi connectivity index (χ0) is 10.4. The summed E-state index contributed by atoms with van der Waals surface area (Å²) in [5.74, 6) is -0.586. The van der Waals surface area contributed by atoms with E-state index in [1.54, 1.807) is 6.92 Å². The number of hydrogen-bond acceptors (Lipinski definition) is 3. The Kier molecular flexibility index (Phi) is 4.63. The Morgan fingerprint density at radius 3 is 2.43 bits per heavy atom. The molecule has 0 aromatic rings. The smallest absolute Gasteiger partial charge is 0.374 e. The minimum Gasteiger partial charge on any atom is -0.460 e. The fourth-order valence-electron chi connectivity index (χ4n) is 1.95. The third-order valence-corrected chi connectivity index (χ3v) is 2.70. The summed E-state index contributed by atoms with van der Waals surface area (Å²) in [6.45, 7) is 2.00. The van der Waals surface area contributed by atoms with Gasteiger partial charge in [0.15, 0.2) is 0 Å². The van der Waals surface area contributed by atoms with Crippen molar-refractivity contribution in [2.24, 2.45) is 5.92 Å². The summed E-state index contributed by atoms with van der Waals surface area (Å²) < 4.78 is 4.66. The van der Waals surface area contributed by atoms with Crippen molar-refractivity contribution in [3.05, 3.63) is 0 Å². The summed E-state index contributed by atoms with van der Waals surface area (Å²) in [5.41, 5.74) is 0. The molecule has 0 unspecified atom stereocenters. The minimum absolute atomic E-state index is 0.287. The van der Waals surface area contributed by atoms with E-state index in [9.17, 15) is 9.59 Å². The van der Waals surface area contributed by atoms with Gasteiger partial charge in [-0.1, -0.05) is 32.1 Å². The van der Waals surface area contributed by atoms with Gasteiger partial charge in [-0.25, -0.2) is 4.79 Å². The van der Waals surface area contributed by atoms with E-state index in [1.165, 1.54) is 19.3 Å². The highest BCUT2D eigenvalue weighted by Gasteiger charge is 2.22. The zero-order valence-corrected chi connectivity index (χ0v) is 8.75. The van der Waals surface area contributed by atoms with Crippen molar-refractivity contribution < 1.29 is 14.3 Å². The standard InChI is InChI=1S/C11H18O3/c1-2-14-11(13)10(12)8-9-6-4-3-5-7-9/h9H,2-8H2,1H3. The van der Waals surface area contributed by atoms with Gasteiger partial charge < -0.3 is 4.74 Å². The number of ether oxygens (including phenoxy) is 1. The molecule has 0 heterocycles. The molecule has 1 saturated carbocycles. The maximum atomic E-state index is 11.3. The fourth-order valence-corrected chi connectivity index (χ4v) is 1.95. The van der Waals surface area contributed by atoms with Gasteiger partial charge in [0.1, 0.15) is 0 Å². The van der Waals surface area contributed by atoms with Gasteiger partial charge >= 0.3 is 5.97 Å². The highest BCUT2D eigenvalue weighted by Crippen LogP contribution is 2.26. The summed E-state index contributed by atoms with van der Waals surface area (Å²) in [7, 11) is 0. The Labute approximate surface area is 84.8 Å². The van der Waals surface area contributed by atoms with Gasteiger partial charge in [0.2, 0.25) is 5.78 Å². The molecule has 1 aliphatic carbocycles. The van der Waals surface area contributed by atoms with Crippen LogP contribution < -0.4 is 0 Å². The van der Waals surface area contributed by atoms with E-state index in [1.807, 2.05) is 0 Å². The van der Waals surface area contributed by atoms with E-state index >= 15 is 0 Å². The van der Waals surface area contributed by atoms with Crippen molar-refractivity contribution >= 4 is 11.8 Å². The quantitative estimate of drug-likeness (QED) is 0.513. The topological polar surface area (TPSA) is 43.4 Å². The van der Waals surface area contributed by atoms with Gasteiger partial charge in [-0.2, -0.15) is 0 Å². The molecular weight excluding hydrogens is 180 g/mol. The van der Waals surface area contributed by atoms with Crippen LogP contribution >= 0.6 is 0 Å². The molecule has 0 N–H and O–H groups in total. The zero-order valence-electron chi connectivity index (χ0n) is 8.75. The monoisotopic (exact) mass is 198 g/mol. The first-order chi connectivity index (χ1) is 6.74. The lowest BCUT2D eigenvalue weighted by atomic mass is 9.86. The third kappa shape index (κ3) is 3.48. The van der Waals surface area contributed by atoms with E-state index in [0.29, 0.717) is 12.3 Å². The van der Waals surface area contributed by atoms with Crippen molar-refractivity contribution in [2.75, 3.05) is 6.61 Å². The predicted molar refractivity (Wildman–Crippen MR) is 52.8 cm³/mol. The maximum Gasteiger partial charge on any atom is 0.374 e. The SMILES string of the molecule is CCOC(=O)C(=O)CC1CCCCC1. The van der Waals surface area contributed by atoms with Crippen LogP contribution in [0.5, 0.6) is 0 Å². The molecule has 1 rings (SSSR count). The van der Waals surface area contributed by atoms with Crippen LogP contribution in [0.2, 0.25) is 0 Å². The minimum atomic E-state index is -0.655.